The van der Waals surface area contributed by atoms with Crippen molar-refractivity contribution in [3.63, 3.8) is 0 Å². The van der Waals surface area contributed by atoms with Crippen LogP contribution in [0, 0.1) is 6.92 Å². The highest BCUT2D eigenvalue weighted by molar-refractivity contribution is 7.10. The first-order valence-electron chi connectivity index (χ1n) is 7.82. The predicted octanol–water partition coefficient (Wildman–Crippen LogP) is 3.34. The van der Waals surface area contributed by atoms with Gasteiger partial charge in [-0.2, -0.15) is 0 Å². The maximum Gasteiger partial charge on any atom is 0.0703 e. The first-order valence-corrected chi connectivity index (χ1v) is 8.70. The SMILES string of the molecule is CCC(N)C(c1sccc1C)N(CC)CC1CCCO1. The number of hydrogen-bond donors (Lipinski definition) is 1. The lowest BCUT2D eigenvalue weighted by atomic mass is 10.00. The molecule has 0 aliphatic carbocycles. The molecule has 0 saturated carbocycles. The number of thiophene rings is 1. The summed E-state index contributed by atoms with van der Waals surface area (Å²) in [6.07, 6.45) is 3.78. The second-order valence-corrected chi connectivity index (χ2v) is 6.66. The van der Waals surface area contributed by atoms with Gasteiger partial charge in [-0.3, -0.25) is 4.90 Å². The molecule has 0 bridgehead atoms. The van der Waals surface area contributed by atoms with Crippen molar-refractivity contribution in [1.82, 2.24) is 4.90 Å². The van der Waals surface area contributed by atoms with Gasteiger partial charge in [0.2, 0.25) is 0 Å². The van der Waals surface area contributed by atoms with E-state index < -0.39 is 0 Å². The molecule has 20 heavy (non-hydrogen) atoms. The molecule has 1 aliphatic rings. The van der Waals surface area contributed by atoms with Gasteiger partial charge in [-0.05, 0) is 49.7 Å². The third-order valence-corrected chi connectivity index (χ3v) is 5.40. The van der Waals surface area contributed by atoms with Crippen molar-refractivity contribution < 1.29 is 4.74 Å². The molecule has 1 aromatic heterocycles. The van der Waals surface area contributed by atoms with Crippen LogP contribution in [0.4, 0.5) is 0 Å². The average molecular weight is 296 g/mol. The van der Waals surface area contributed by atoms with Crippen LogP contribution < -0.4 is 5.73 Å². The van der Waals surface area contributed by atoms with Crippen molar-refractivity contribution in [3.8, 4) is 0 Å². The molecular formula is C16H28N2OS. The van der Waals surface area contributed by atoms with E-state index in [1.165, 1.54) is 23.3 Å². The van der Waals surface area contributed by atoms with Gasteiger partial charge in [0, 0.05) is 24.1 Å². The van der Waals surface area contributed by atoms with Crippen molar-refractivity contribution in [2.45, 2.75) is 58.2 Å². The van der Waals surface area contributed by atoms with Gasteiger partial charge < -0.3 is 10.5 Å². The Morgan fingerprint density at radius 3 is 2.80 bits per heavy atom. The fourth-order valence-electron chi connectivity index (χ4n) is 3.03. The number of aryl methyl sites for hydroxylation is 1. The number of ether oxygens (including phenoxy) is 1. The van der Waals surface area contributed by atoms with Gasteiger partial charge in [0.05, 0.1) is 12.1 Å². The quantitative estimate of drug-likeness (QED) is 0.838. The molecule has 1 fully saturated rings. The normalized spacial score (nSPS) is 22.4. The van der Waals surface area contributed by atoms with Gasteiger partial charge >= 0.3 is 0 Å². The molecule has 3 nitrogen and oxygen atoms in total. The summed E-state index contributed by atoms with van der Waals surface area (Å²) in [6, 6.07) is 2.72. The average Bonchev–Trinajstić information content (AvgIpc) is 3.10. The number of rotatable bonds is 7. The smallest absolute Gasteiger partial charge is 0.0703 e. The molecule has 1 aromatic rings. The maximum atomic E-state index is 6.45. The van der Waals surface area contributed by atoms with Gasteiger partial charge in [-0.15, -0.1) is 11.3 Å². The minimum Gasteiger partial charge on any atom is -0.377 e. The highest BCUT2D eigenvalue weighted by Crippen LogP contribution is 2.32. The van der Waals surface area contributed by atoms with Crippen LogP contribution >= 0.6 is 11.3 Å². The van der Waals surface area contributed by atoms with Crippen LogP contribution in [-0.4, -0.2) is 36.7 Å². The Bertz CT molecular complexity index is 401. The zero-order valence-corrected chi connectivity index (χ0v) is 13.8. The van der Waals surface area contributed by atoms with Crippen LogP contribution in [0.2, 0.25) is 0 Å². The lowest BCUT2D eigenvalue weighted by Crippen LogP contribution is -2.43. The lowest BCUT2D eigenvalue weighted by molar-refractivity contribution is 0.0537. The summed E-state index contributed by atoms with van der Waals surface area (Å²) in [5.41, 5.74) is 7.82. The molecule has 3 atom stereocenters. The Morgan fingerprint density at radius 2 is 2.30 bits per heavy atom. The largest absolute Gasteiger partial charge is 0.377 e. The zero-order valence-electron chi connectivity index (χ0n) is 13.0. The molecule has 0 aromatic carbocycles. The van der Waals surface area contributed by atoms with E-state index in [4.69, 9.17) is 10.5 Å². The van der Waals surface area contributed by atoms with E-state index in [0.717, 1.165) is 26.1 Å². The van der Waals surface area contributed by atoms with E-state index in [1.807, 2.05) is 11.3 Å². The van der Waals surface area contributed by atoms with Gasteiger partial charge in [-0.1, -0.05) is 13.8 Å². The Labute approximate surface area is 127 Å². The van der Waals surface area contributed by atoms with Gasteiger partial charge in [0.25, 0.3) is 0 Å². The van der Waals surface area contributed by atoms with E-state index in [-0.39, 0.29) is 6.04 Å². The molecule has 0 spiro atoms. The van der Waals surface area contributed by atoms with E-state index in [2.05, 4.69) is 37.1 Å². The second-order valence-electron chi connectivity index (χ2n) is 5.71. The number of hydrogen-bond acceptors (Lipinski definition) is 4. The van der Waals surface area contributed by atoms with Gasteiger partial charge in [0.1, 0.15) is 0 Å². The van der Waals surface area contributed by atoms with E-state index in [9.17, 15) is 0 Å². The standard InChI is InChI=1S/C16H28N2OS/c1-4-14(17)15(16-12(3)8-10-20-16)18(5-2)11-13-7-6-9-19-13/h8,10,13-15H,4-7,9,11,17H2,1-3H3. The lowest BCUT2D eigenvalue weighted by Gasteiger charge is -2.36. The van der Waals surface area contributed by atoms with Crippen LogP contribution in [0.5, 0.6) is 0 Å². The van der Waals surface area contributed by atoms with Crippen LogP contribution in [-0.2, 0) is 4.74 Å². The monoisotopic (exact) mass is 296 g/mol. The molecule has 114 valence electrons. The molecule has 1 saturated heterocycles. The predicted molar refractivity (Wildman–Crippen MR) is 86.3 cm³/mol. The fourth-order valence-corrected chi connectivity index (χ4v) is 4.17. The van der Waals surface area contributed by atoms with Crippen molar-refractivity contribution in [3.05, 3.63) is 21.9 Å². The van der Waals surface area contributed by atoms with Crippen molar-refractivity contribution in [1.29, 1.82) is 0 Å². The Balaban J connectivity index is 2.17. The van der Waals surface area contributed by atoms with Gasteiger partial charge in [0.15, 0.2) is 0 Å². The summed E-state index contributed by atoms with van der Waals surface area (Å²) in [7, 11) is 0. The zero-order chi connectivity index (χ0) is 14.5. The molecule has 1 aliphatic heterocycles. The summed E-state index contributed by atoms with van der Waals surface area (Å²) in [4.78, 5) is 3.95. The topological polar surface area (TPSA) is 38.5 Å². The Hall–Kier alpha value is -0.420. The molecule has 2 rings (SSSR count). The minimum absolute atomic E-state index is 0.189. The third kappa shape index (κ3) is 3.61. The third-order valence-electron chi connectivity index (χ3n) is 4.31. The second kappa shape index (κ2) is 7.55. The molecule has 2 N–H and O–H groups in total. The Kier molecular flexibility index (Phi) is 6.02. The molecule has 4 heteroatoms. The van der Waals surface area contributed by atoms with E-state index >= 15 is 0 Å². The summed E-state index contributed by atoms with van der Waals surface area (Å²) < 4.78 is 5.82. The summed E-state index contributed by atoms with van der Waals surface area (Å²) in [6.45, 7) is 9.56. The highest BCUT2D eigenvalue weighted by Gasteiger charge is 2.29. The summed E-state index contributed by atoms with van der Waals surface area (Å²) >= 11 is 1.84. The molecule has 3 unspecified atom stereocenters. The number of nitrogens with two attached hydrogens (primary N) is 1. The summed E-state index contributed by atoms with van der Waals surface area (Å²) in [5.74, 6) is 0. The first kappa shape index (κ1) is 16.0. The van der Waals surface area contributed by atoms with Crippen LogP contribution in [0.15, 0.2) is 11.4 Å². The molecule has 2 heterocycles. The molecule has 0 radical (unpaired) electrons. The van der Waals surface area contributed by atoms with Crippen molar-refractivity contribution in [2.24, 2.45) is 5.73 Å². The van der Waals surface area contributed by atoms with Gasteiger partial charge in [-0.25, -0.2) is 0 Å². The first-order chi connectivity index (χ1) is 9.67. The van der Waals surface area contributed by atoms with Crippen molar-refractivity contribution in [2.75, 3.05) is 19.7 Å². The minimum atomic E-state index is 0.189. The fraction of sp³-hybridized carbons (Fsp3) is 0.750. The van der Waals surface area contributed by atoms with Crippen LogP contribution in [0.3, 0.4) is 0 Å². The number of likely N-dealkylation sites (N-methyl/N-ethyl adjacent to an activating group) is 1. The molecular weight excluding hydrogens is 268 g/mol. The highest BCUT2D eigenvalue weighted by atomic mass is 32.1. The Morgan fingerprint density at radius 1 is 1.50 bits per heavy atom. The van der Waals surface area contributed by atoms with E-state index in [1.54, 1.807) is 0 Å². The maximum absolute atomic E-state index is 6.45. The van der Waals surface area contributed by atoms with E-state index in [0.29, 0.717) is 12.1 Å². The summed E-state index contributed by atoms with van der Waals surface area (Å²) in [5, 5.41) is 2.18. The van der Waals surface area contributed by atoms with Crippen molar-refractivity contribution >= 4 is 11.3 Å². The number of nitrogens with zero attached hydrogens (tertiary/aromatic N) is 1. The molecule has 0 amide bonds. The van der Waals surface area contributed by atoms with Crippen LogP contribution in [0.25, 0.3) is 0 Å². The van der Waals surface area contributed by atoms with Crippen LogP contribution in [0.1, 0.15) is 49.6 Å².